The number of carbonyl (C=O) groups excluding carboxylic acids is 2. The van der Waals surface area contributed by atoms with Crippen LogP contribution in [-0.2, 0) is 19.1 Å². The molecule has 7 nitrogen and oxygen atoms in total. The molecule has 1 saturated heterocycles. The van der Waals surface area contributed by atoms with Gasteiger partial charge in [-0.25, -0.2) is 14.6 Å². The van der Waals surface area contributed by atoms with Crippen molar-refractivity contribution in [1.82, 2.24) is 4.98 Å². The lowest BCUT2D eigenvalue weighted by Crippen LogP contribution is -2.32. The van der Waals surface area contributed by atoms with Crippen molar-refractivity contribution in [3.63, 3.8) is 0 Å². The van der Waals surface area contributed by atoms with E-state index in [-0.39, 0.29) is 6.61 Å². The Bertz CT molecular complexity index is 1050. The molecule has 2 heterocycles. The van der Waals surface area contributed by atoms with E-state index in [0.29, 0.717) is 28.1 Å². The molecule has 4 rings (SSSR count). The van der Waals surface area contributed by atoms with Crippen molar-refractivity contribution in [3.05, 3.63) is 47.5 Å². The minimum Gasteiger partial charge on any atom is -0.479 e. The number of esters is 2. The van der Waals surface area contributed by atoms with Gasteiger partial charge in [0.25, 0.3) is 5.19 Å². The number of nitrogens with zero attached hydrogens (tertiary/aromatic N) is 1. The maximum atomic E-state index is 12.1. The minimum absolute atomic E-state index is 0.259. The SMILES string of the molecule is CC(Oc1ccc(Oc2nc3ccc(Cl)cc3s2)cc1)C(=O)OC1CCOC1=O. The van der Waals surface area contributed by atoms with E-state index in [9.17, 15) is 9.59 Å². The van der Waals surface area contributed by atoms with E-state index in [0.717, 1.165) is 10.2 Å². The van der Waals surface area contributed by atoms with E-state index in [1.54, 1.807) is 37.3 Å². The fourth-order valence-corrected chi connectivity index (χ4v) is 3.79. The second-order valence-corrected chi connectivity index (χ2v) is 7.74. The molecule has 1 fully saturated rings. The van der Waals surface area contributed by atoms with Gasteiger partial charge in [-0.1, -0.05) is 22.9 Å². The summed E-state index contributed by atoms with van der Waals surface area (Å²) in [5, 5.41) is 1.14. The predicted octanol–water partition coefficient (Wildman–Crippen LogP) is 4.37. The van der Waals surface area contributed by atoms with Gasteiger partial charge in [0.05, 0.1) is 16.8 Å². The van der Waals surface area contributed by atoms with E-state index >= 15 is 0 Å². The van der Waals surface area contributed by atoms with E-state index in [4.69, 9.17) is 30.5 Å². The highest BCUT2D eigenvalue weighted by Gasteiger charge is 2.32. The van der Waals surface area contributed by atoms with Gasteiger partial charge in [0.15, 0.2) is 6.10 Å². The van der Waals surface area contributed by atoms with Gasteiger partial charge in [0, 0.05) is 11.4 Å². The molecule has 0 saturated carbocycles. The van der Waals surface area contributed by atoms with E-state index in [1.165, 1.54) is 11.3 Å². The highest BCUT2D eigenvalue weighted by molar-refractivity contribution is 7.20. The van der Waals surface area contributed by atoms with Gasteiger partial charge in [-0.15, -0.1) is 0 Å². The van der Waals surface area contributed by atoms with Gasteiger partial charge in [0.2, 0.25) is 6.10 Å². The number of rotatable bonds is 6. The molecule has 2 unspecified atom stereocenters. The van der Waals surface area contributed by atoms with Gasteiger partial charge in [-0.3, -0.25) is 0 Å². The first-order valence-electron chi connectivity index (χ1n) is 8.86. The van der Waals surface area contributed by atoms with Gasteiger partial charge in [0.1, 0.15) is 11.5 Å². The van der Waals surface area contributed by atoms with Crippen molar-refractivity contribution in [2.75, 3.05) is 6.61 Å². The first-order valence-corrected chi connectivity index (χ1v) is 10.1. The second kappa shape index (κ2) is 8.26. The molecule has 2 atom stereocenters. The number of benzene rings is 2. The Morgan fingerprint density at radius 2 is 2.00 bits per heavy atom. The maximum absolute atomic E-state index is 12.1. The molecule has 0 bridgehead atoms. The molecular weight excluding hydrogens is 418 g/mol. The first-order chi connectivity index (χ1) is 14.0. The summed E-state index contributed by atoms with van der Waals surface area (Å²) in [5.74, 6) is -0.107. The summed E-state index contributed by atoms with van der Waals surface area (Å²) in [6, 6.07) is 12.2. The lowest BCUT2D eigenvalue weighted by molar-refractivity contribution is -0.164. The fourth-order valence-electron chi connectivity index (χ4n) is 2.68. The quantitative estimate of drug-likeness (QED) is 0.533. The molecule has 9 heteroatoms. The standard InChI is InChI=1S/C20H16ClNO6S/c1-11(18(23)28-16-8-9-25-19(16)24)26-13-3-5-14(6-4-13)27-20-22-15-7-2-12(21)10-17(15)29-20/h2-7,10-11,16H,8-9H2,1H3. The molecule has 0 aliphatic carbocycles. The van der Waals surface area contributed by atoms with Crippen LogP contribution >= 0.6 is 22.9 Å². The Balaban J connectivity index is 1.35. The van der Waals surface area contributed by atoms with Crippen molar-refractivity contribution < 1.29 is 28.5 Å². The van der Waals surface area contributed by atoms with Crippen LogP contribution in [0.2, 0.25) is 5.02 Å². The zero-order chi connectivity index (χ0) is 20.4. The minimum atomic E-state index is -0.871. The third-order valence-corrected chi connectivity index (χ3v) is 5.28. The van der Waals surface area contributed by atoms with Crippen molar-refractivity contribution in [2.24, 2.45) is 0 Å². The van der Waals surface area contributed by atoms with Crippen LogP contribution in [0.1, 0.15) is 13.3 Å². The lowest BCUT2D eigenvalue weighted by atomic mass is 10.3. The van der Waals surface area contributed by atoms with Crippen LogP contribution in [0.25, 0.3) is 10.2 Å². The lowest BCUT2D eigenvalue weighted by Gasteiger charge is -2.15. The molecule has 0 N–H and O–H groups in total. The maximum Gasteiger partial charge on any atom is 0.347 e. The summed E-state index contributed by atoms with van der Waals surface area (Å²) in [4.78, 5) is 27.9. The van der Waals surface area contributed by atoms with Gasteiger partial charge >= 0.3 is 11.9 Å². The summed E-state index contributed by atoms with van der Waals surface area (Å²) in [7, 11) is 0. The largest absolute Gasteiger partial charge is 0.479 e. The van der Waals surface area contributed by atoms with Crippen LogP contribution in [0.15, 0.2) is 42.5 Å². The molecule has 3 aromatic rings. The van der Waals surface area contributed by atoms with Crippen molar-refractivity contribution in [3.8, 4) is 16.7 Å². The average Bonchev–Trinajstić information content (AvgIpc) is 3.28. The number of hydrogen-bond donors (Lipinski definition) is 0. The topological polar surface area (TPSA) is 84.0 Å². The molecule has 0 amide bonds. The molecule has 1 aromatic heterocycles. The third-order valence-electron chi connectivity index (χ3n) is 4.15. The Hall–Kier alpha value is -2.84. The van der Waals surface area contributed by atoms with Gasteiger partial charge in [-0.05, 0) is 49.4 Å². The summed E-state index contributed by atoms with van der Waals surface area (Å²) in [6.07, 6.45) is -1.36. The number of ether oxygens (including phenoxy) is 4. The Kier molecular flexibility index (Phi) is 5.55. The third kappa shape index (κ3) is 4.60. The van der Waals surface area contributed by atoms with Crippen molar-refractivity contribution in [2.45, 2.75) is 25.6 Å². The number of carbonyl (C=O) groups is 2. The van der Waals surface area contributed by atoms with Gasteiger partial charge < -0.3 is 18.9 Å². The smallest absolute Gasteiger partial charge is 0.347 e. The number of aromatic nitrogens is 1. The molecule has 150 valence electrons. The summed E-state index contributed by atoms with van der Waals surface area (Å²) >= 11 is 7.38. The predicted molar refractivity (Wildman–Crippen MR) is 107 cm³/mol. The Morgan fingerprint density at radius 3 is 2.72 bits per heavy atom. The molecule has 1 aliphatic heterocycles. The highest BCUT2D eigenvalue weighted by atomic mass is 35.5. The van der Waals surface area contributed by atoms with Crippen LogP contribution in [0.3, 0.4) is 0 Å². The number of cyclic esters (lactones) is 1. The number of thiazole rings is 1. The Labute approximate surface area is 175 Å². The normalized spacial score (nSPS) is 17.0. The van der Waals surface area contributed by atoms with Crippen LogP contribution in [0.4, 0.5) is 0 Å². The van der Waals surface area contributed by atoms with E-state index < -0.39 is 24.1 Å². The Morgan fingerprint density at radius 1 is 1.24 bits per heavy atom. The summed E-state index contributed by atoms with van der Waals surface area (Å²) in [6.45, 7) is 1.81. The monoisotopic (exact) mass is 433 g/mol. The molecule has 1 aliphatic rings. The van der Waals surface area contributed by atoms with Crippen molar-refractivity contribution >= 4 is 45.1 Å². The fraction of sp³-hybridized carbons (Fsp3) is 0.250. The number of halogens is 1. The van der Waals surface area contributed by atoms with Crippen LogP contribution in [0, 0.1) is 0 Å². The summed E-state index contributed by atoms with van der Waals surface area (Å²) in [5.41, 5.74) is 0.813. The van der Waals surface area contributed by atoms with Gasteiger partial charge in [-0.2, -0.15) is 0 Å². The average molecular weight is 434 g/mol. The van der Waals surface area contributed by atoms with Crippen molar-refractivity contribution in [1.29, 1.82) is 0 Å². The molecule has 29 heavy (non-hydrogen) atoms. The van der Waals surface area contributed by atoms with Crippen LogP contribution < -0.4 is 9.47 Å². The van der Waals surface area contributed by atoms with E-state index in [2.05, 4.69) is 4.98 Å². The van der Waals surface area contributed by atoms with E-state index in [1.807, 2.05) is 12.1 Å². The highest BCUT2D eigenvalue weighted by Crippen LogP contribution is 2.33. The summed E-state index contributed by atoms with van der Waals surface area (Å²) < 4.78 is 22.2. The first kappa shape index (κ1) is 19.5. The zero-order valence-corrected chi connectivity index (χ0v) is 16.9. The van der Waals surface area contributed by atoms with Crippen LogP contribution in [0.5, 0.6) is 16.7 Å². The second-order valence-electron chi connectivity index (χ2n) is 6.31. The molecule has 2 aromatic carbocycles. The number of hydrogen-bond acceptors (Lipinski definition) is 8. The zero-order valence-electron chi connectivity index (χ0n) is 15.3. The molecular formula is C20H16ClNO6S. The number of fused-ring (bicyclic) bond motifs is 1. The molecule has 0 spiro atoms. The van der Waals surface area contributed by atoms with Crippen LogP contribution in [-0.4, -0.2) is 35.7 Å². The molecule has 0 radical (unpaired) electrons.